The number of nitrogens with zero attached hydrogens (tertiary/aromatic N) is 3. The molecular weight excluding hydrogens is 353 g/mol. The Morgan fingerprint density at radius 1 is 1.18 bits per heavy atom. The number of halogens is 1. The first-order valence-electron chi connectivity index (χ1n) is 9.89. The van der Waals surface area contributed by atoms with Crippen LogP contribution in [0.2, 0.25) is 0 Å². The Hall–Kier alpha value is -2.71. The molecule has 0 N–H and O–H groups in total. The highest BCUT2D eigenvalue weighted by atomic mass is 19.1. The maximum absolute atomic E-state index is 14.2. The van der Waals surface area contributed by atoms with Crippen LogP contribution < -0.4 is 4.90 Å². The standard InChI is InChI=1S/C23H26FN3O/c24-21-11-4-5-12-22(21)27(17-7-15-25)23(28)18-26-16-6-10-20(26)14-13-19-8-2-1-3-9-19/h1-5,8-9,11-12,20H,6-7,10,13-14,16-18H2. The summed E-state index contributed by atoms with van der Waals surface area (Å²) in [7, 11) is 0. The molecule has 1 aliphatic heterocycles. The molecule has 3 rings (SSSR count). The van der Waals surface area contributed by atoms with Gasteiger partial charge >= 0.3 is 0 Å². The third-order valence-corrected chi connectivity index (χ3v) is 5.34. The Bertz CT molecular complexity index is 818. The van der Waals surface area contributed by atoms with E-state index in [2.05, 4.69) is 23.1 Å². The number of aryl methyl sites for hydroxylation is 1. The number of para-hydroxylation sites is 1. The third-order valence-electron chi connectivity index (χ3n) is 5.34. The van der Waals surface area contributed by atoms with Crippen molar-refractivity contribution < 1.29 is 9.18 Å². The van der Waals surface area contributed by atoms with E-state index in [0.717, 1.165) is 32.2 Å². The van der Waals surface area contributed by atoms with E-state index in [1.807, 2.05) is 18.2 Å². The number of benzene rings is 2. The molecule has 0 bridgehead atoms. The number of carbonyl (C=O) groups is 1. The summed E-state index contributed by atoms with van der Waals surface area (Å²) in [5.74, 6) is -0.581. The molecule has 0 aliphatic carbocycles. The zero-order chi connectivity index (χ0) is 19.8. The zero-order valence-electron chi connectivity index (χ0n) is 16.1. The van der Waals surface area contributed by atoms with Gasteiger partial charge in [0, 0.05) is 12.6 Å². The first kappa shape index (κ1) is 20.0. The number of likely N-dealkylation sites (tertiary alicyclic amines) is 1. The van der Waals surface area contributed by atoms with Crippen LogP contribution >= 0.6 is 0 Å². The highest BCUT2D eigenvalue weighted by molar-refractivity contribution is 5.95. The topological polar surface area (TPSA) is 47.3 Å². The fourth-order valence-corrected chi connectivity index (χ4v) is 3.88. The van der Waals surface area contributed by atoms with Crippen molar-refractivity contribution in [1.29, 1.82) is 5.26 Å². The predicted molar refractivity (Wildman–Crippen MR) is 108 cm³/mol. The van der Waals surface area contributed by atoms with Crippen molar-refractivity contribution in [3.05, 3.63) is 66.0 Å². The van der Waals surface area contributed by atoms with Gasteiger partial charge in [-0.1, -0.05) is 42.5 Å². The van der Waals surface area contributed by atoms with Crippen molar-refractivity contribution in [1.82, 2.24) is 4.90 Å². The van der Waals surface area contributed by atoms with Gasteiger partial charge in [-0.3, -0.25) is 9.69 Å². The van der Waals surface area contributed by atoms with Crippen LogP contribution in [0.5, 0.6) is 0 Å². The minimum Gasteiger partial charge on any atom is -0.308 e. The summed E-state index contributed by atoms with van der Waals surface area (Å²) in [5, 5.41) is 8.93. The van der Waals surface area contributed by atoms with E-state index in [-0.39, 0.29) is 31.1 Å². The van der Waals surface area contributed by atoms with E-state index in [1.54, 1.807) is 18.2 Å². The first-order valence-corrected chi connectivity index (χ1v) is 9.89. The number of anilines is 1. The van der Waals surface area contributed by atoms with Crippen LogP contribution in [-0.2, 0) is 11.2 Å². The van der Waals surface area contributed by atoms with Gasteiger partial charge < -0.3 is 4.90 Å². The number of rotatable bonds is 8. The number of amides is 1. The van der Waals surface area contributed by atoms with Gasteiger partial charge in [0.25, 0.3) is 0 Å². The molecule has 1 heterocycles. The van der Waals surface area contributed by atoms with Gasteiger partial charge in [0.15, 0.2) is 0 Å². The number of hydrogen-bond acceptors (Lipinski definition) is 3. The monoisotopic (exact) mass is 379 g/mol. The number of nitriles is 1. The SMILES string of the molecule is N#CCCN(C(=O)CN1CCCC1CCc1ccccc1)c1ccccc1F. The first-order chi connectivity index (χ1) is 13.7. The van der Waals surface area contributed by atoms with Gasteiger partial charge in [-0.2, -0.15) is 5.26 Å². The van der Waals surface area contributed by atoms with Gasteiger partial charge in [-0.25, -0.2) is 4.39 Å². The second-order valence-corrected chi connectivity index (χ2v) is 7.20. The van der Waals surface area contributed by atoms with E-state index in [0.29, 0.717) is 6.04 Å². The van der Waals surface area contributed by atoms with Crippen LogP contribution in [-0.4, -0.2) is 36.5 Å². The van der Waals surface area contributed by atoms with Gasteiger partial charge in [-0.15, -0.1) is 0 Å². The van der Waals surface area contributed by atoms with E-state index < -0.39 is 5.82 Å². The molecule has 0 spiro atoms. The lowest BCUT2D eigenvalue weighted by Crippen LogP contribution is -2.43. The fourth-order valence-electron chi connectivity index (χ4n) is 3.88. The van der Waals surface area contributed by atoms with Crippen LogP contribution in [0, 0.1) is 17.1 Å². The molecule has 1 amide bonds. The fraction of sp³-hybridized carbons (Fsp3) is 0.391. The summed E-state index contributed by atoms with van der Waals surface area (Å²) >= 11 is 0. The Morgan fingerprint density at radius 3 is 2.68 bits per heavy atom. The average molecular weight is 379 g/mol. The van der Waals surface area contributed by atoms with Crippen molar-refractivity contribution in [2.45, 2.75) is 38.1 Å². The maximum Gasteiger partial charge on any atom is 0.241 e. The van der Waals surface area contributed by atoms with Crippen molar-refractivity contribution in [2.75, 3.05) is 24.5 Å². The summed E-state index contributed by atoms with van der Waals surface area (Å²) in [4.78, 5) is 16.6. The van der Waals surface area contributed by atoms with Gasteiger partial charge in [0.05, 0.1) is 24.7 Å². The molecule has 4 nitrogen and oxygen atoms in total. The lowest BCUT2D eigenvalue weighted by atomic mass is 10.0. The van der Waals surface area contributed by atoms with Crippen molar-refractivity contribution in [3.63, 3.8) is 0 Å². The highest BCUT2D eigenvalue weighted by Crippen LogP contribution is 2.24. The Balaban J connectivity index is 1.64. The molecule has 28 heavy (non-hydrogen) atoms. The molecule has 0 aromatic heterocycles. The molecule has 1 fully saturated rings. The highest BCUT2D eigenvalue weighted by Gasteiger charge is 2.28. The number of carbonyl (C=O) groups excluding carboxylic acids is 1. The summed E-state index contributed by atoms with van der Waals surface area (Å²) in [5.41, 5.74) is 1.56. The van der Waals surface area contributed by atoms with Crippen LogP contribution in [0.1, 0.15) is 31.2 Å². The summed E-state index contributed by atoms with van der Waals surface area (Å²) in [6, 6.07) is 19.1. The van der Waals surface area contributed by atoms with Crippen LogP contribution in [0.15, 0.2) is 54.6 Å². The van der Waals surface area contributed by atoms with Gasteiger partial charge in [0.2, 0.25) is 5.91 Å². The lowest BCUT2D eigenvalue weighted by molar-refractivity contribution is -0.120. The molecule has 1 atom stereocenters. The largest absolute Gasteiger partial charge is 0.308 e. The minimum absolute atomic E-state index is 0.146. The summed E-state index contributed by atoms with van der Waals surface area (Å²) in [6.45, 7) is 1.35. The second-order valence-electron chi connectivity index (χ2n) is 7.20. The number of hydrogen-bond donors (Lipinski definition) is 0. The Kier molecular flexibility index (Phi) is 7.16. The van der Waals surface area contributed by atoms with Crippen molar-refractivity contribution in [3.8, 4) is 6.07 Å². The Labute approximate surface area is 166 Å². The maximum atomic E-state index is 14.2. The molecule has 2 aromatic rings. The van der Waals surface area contributed by atoms with E-state index in [1.165, 1.54) is 16.5 Å². The molecule has 0 radical (unpaired) electrons. The van der Waals surface area contributed by atoms with Gasteiger partial charge in [0.1, 0.15) is 5.82 Å². The van der Waals surface area contributed by atoms with Crippen molar-refractivity contribution >= 4 is 11.6 Å². The smallest absolute Gasteiger partial charge is 0.241 e. The average Bonchev–Trinajstić information content (AvgIpc) is 3.15. The van der Waals surface area contributed by atoms with E-state index >= 15 is 0 Å². The van der Waals surface area contributed by atoms with E-state index in [4.69, 9.17) is 5.26 Å². The molecule has 1 unspecified atom stereocenters. The molecule has 0 saturated carbocycles. The molecule has 1 saturated heterocycles. The quantitative estimate of drug-likeness (QED) is 0.692. The van der Waals surface area contributed by atoms with Crippen molar-refractivity contribution in [2.24, 2.45) is 0 Å². The molecular formula is C23H26FN3O. The predicted octanol–water partition coefficient (Wildman–Crippen LogP) is 4.17. The van der Waals surface area contributed by atoms with Crippen LogP contribution in [0.25, 0.3) is 0 Å². The molecule has 1 aliphatic rings. The molecule has 5 heteroatoms. The van der Waals surface area contributed by atoms with E-state index in [9.17, 15) is 9.18 Å². The Morgan fingerprint density at radius 2 is 1.93 bits per heavy atom. The van der Waals surface area contributed by atoms with Crippen LogP contribution in [0.4, 0.5) is 10.1 Å². The minimum atomic E-state index is -0.434. The molecule has 2 aromatic carbocycles. The van der Waals surface area contributed by atoms with Crippen LogP contribution in [0.3, 0.4) is 0 Å². The lowest BCUT2D eigenvalue weighted by Gasteiger charge is -2.28. The second kappa shape index (κ2) is 10.0. The molecule has 146 valence electrons. The summed E-state index contributed by atoms with van der Waals surface area (Å²) < 4.78 is 14.2. The normalized spacial score (nSPS) is 16.6. The third kappa shape index (κ3) is 5.17. The van der Waals surface area contributed by atoms with Gasteiger partial charge in [-0.05, 0) is 49.9 Å². The zero-order valence-corrected chi connectivity index (χ0v) is 16.1. The summed E-state index contributed by atoms with van der Waals surface area (Å²) in [6.07, 6.45) is 4.33.